The first-order valence-electron chi connectivity index (χ1n) is 9.06. The van der Waals surface area contributed by atoms with E-state index in [4.69, 9.17) is 4.74 Å². The first-order chi connectivity index (χ1) is 12.7. The number of fused-ring (bicyclic) bond motifs is 1. The lowest BCUT2D eigenvalue weighted by molar-refractivity contribution is -0.138. The van der Waals surface area contributed by atoms with Crippen molar-refractivity contribution in [1.82, 2.24) is 20.2 Å². The molecule has 0 spiro atoms. The van der Waals surface area contributed by atoms with Crippen LogP contribution in [0.2, 0.25) is 0 Å². The van der Waals surface area contributed by atoms with Gasteiger partial charge in [-0.1, -0.05) is 0 Å². The molecule has 3 heterocycles. The van der Waals surface area contributed by atoms with Crippen LogP contribution in [0.25, 0.3) is 0 Å². The van der Waals surface area contributed by atoms with Gasteiger partial charge in [-0.15, -0.1) is 0 Å². The standard InChI is InChI=1S/C18H22F2N4O3/c1-10-11(2)21-9-22-14(10)15(25)24-5-12-6-27-8-17(12,7-24)16(26)23-13-3-18(19,20)4-13/h9,12-13H,3-8H2,1-2H3,(H,23,26)/t12-,17-/m1/s1. The number of carbonyl (C=O) groups is 2. The summed E-state index contributed by atoms with van der Waals surface area (Å²) in [7, 11) is 0. The number of hydrogen-bond donors (Lipinski definition) is 1. The zero-order valence-corrected chi connectivity index (χ0v) is 15.3. The molecule has 1 aromatic rings. The van der Waals surface area contributed by atoms with Gasteiger partial charge in [-0.25, -0.2) is 18.7 Å². The number of halogens is 2. The number of nitrogens with one attached hydrogen (secondary N) is 1. The topological polar surface area (TPSA) is 84.4 Å². The number of aromatic nitrogens is 2. The van der Waals surface area contributed by atoms with E-state index in [2.05, 4.69) is 15.3 Å². The maximum Gasteiger partial charge on any atom is 0.272 e. The molecule has 2 saturated heterocycles. The molecule has 9 heteroatoms. The van der Waals surface area contributed by atoms with Crippen LogP contribution < -0.4 is 5.32 Å². The second kappa shape index (κ2) is 6.19. The minimum absolute atomic E-state index is 0.148. The van der Waals surface area contributed by atoms with Gasteiger partial charge in [0.25, 0.3) is 11.8 Å². The third-order valence-corrected chi connectivity index (χ3v) is 6.08. The number of nitrogens with zero attached hydrogens (tertiary/aromatic N) is 3. The highest BCUT2D eigenvalue weighted by molar-refractivity contribution is 5.95. The van der Waals surface area contributed by atoms with Crippen molar-refractivity contribution in [3.8, 4) is 0 Å². The number of likely N-dealkylation sites (tertiary alicyclic amines) is 1. The maximum absolute atomic E-state index is 13.1. The summed E-state index contributed by atoms with van der Waals surface area (Å²) >= 11 is 0. The summed E-state index contributed by atoms with van der Waals surface area (Å²) in [6.07, 6.45) is 0.694. The van der Waals surface area contributed by atoms with E-state index in [-0.39, 0.29) is 43.7 Å². The fourth-order valence-corrected chi connectivity index (χ4v) is 4.21. The van der Waals surface area contributed by atoms with E-state index in [1.807, 2.05) is 6.92 Å². The zero-order chi connectivity index (χ0) is 19.4. The van der Waals surface area contributed by atoms with Crippen molar-refractivity contribution in [3.63, 3.8) is 0 Å². The number of rotatable bonds is 3. The van der Waals surface area contributed by atoms with Gasteiger partial charge in [-0.05, 0) is 13.8 Å². The molecule has 1 aliphatic carbocycles. The predicted molar refractivity (Wildman–Crippen MR) is 90.3 cm³/mol. The Morgan fingerprint density at radius 3 is 2.74 bits per heavy atom. The van der Waals surface area contributed by atoms with Crippen LogP contribution in [0.15, 0.2) is 6.33 Å². The number of alkyl halides is 2. The van der Waals surface area contributed by atoms with Crippen LogP contribution in [-0.4, -0.2) is 64.9 Å². The molecule has 27 heavy (non-hydrogen) atoms. The monoisotopic (exact) mass is 380 g/mol. The van der Waals surface area contributed by atoms with Crippen LogP contribution in [0, 0.1) is 25.2 Å². The third kappa shape index (κ3) is 2.97. The van der Waals surface area contributed by atoms with Gasteiger partial charge < -0.3 is 15.0 Å². The summed E-state index contributed by atoms with van der Waals surface area (Å²) in [5.74, 6) is -3.38. The maximum atomic E-state index is 13.1. The van der Waals surface area contributed by atoms with Crippen LogP contribution in [0.5, 0.6) is 0 Å². The second-order valence-electron chi connectivity index (χ2n) is 7.92. The van der Waals surface area contributed by atoms with Gasteiger partial charge >= 0.3 is 0 Å². The van der Waals surface area contributed by atoms with Gasteiger partial charge in [0, 0.05) is 49.1 Å². The van der Waals surface area contributed by atoms with Crippen molar-refractivity contribution < 1.29 is 23.1 Å². The van der Waals surface area contributed by atoms with E-state index < -0.39 is 17.4 Å². The highest BCUT2D eigenvalue weighted by Gasteiger charge is 2.58. The molecule has 1 saturated carbocycles. The number of amides is 2. The molecule has 1 aromatic heterocycles. The normalized spacial score (nSPS) is 29.3. The minimum atomic E-state index is -2.69. The third-order valence-electron chi connectivity index (χ3n) is 6.08. The molecule has 3 fully saturated rings. The van der Waals surface area contributed by atoms with Crippen LogP contribution in [0.1, 0.15) is 34.6 Å². The van der Waals surface area contributed by atoms with Gasteiger partial charge in [0.1, 0.15) is 12.0 Å². The Morgan fingerprint density at radius 1 is 1.30 bits per heavy atom. The highest BCUT2D eigenvalue weighted by atomic mass is 19.3. The predicted octanol–water partition coefficient (Wildman–Crippen LogP) is 1.10. The fourth-order valence-electron chi connectivity index (χ4n) is 4.21. The smallest absolute Gasteiger partial charge is 0.272 e. The molecule has 2 amide bonds. The summed E-state index contributed by atoms with van der Waals surface area (Å²) in [6.45, 7) is 4.76. The van der Waals surface area contributed by atoms with E-state index >= 15 is 0 Å². The second-order valence-corrected chi connectivity index (χ2v) is 7.92. The van der Waals surface area contributed by atoms with Crippen molar-refractivity contribution in [2.24, 2.45) is 11.3 Å². The average molecular weight is 380 g/mol. The molecular formula is C18H22F2N4O3. The molecule has 2 aliphatic heterocycles. The summed E-state index contributed by atoms with van der Waals surface area (Å²) in [5.41, 5.74) is 0.898. The molecule has 0 aromatic carbocycles. The Bertz CT molecular complexity index is 795. The number of hydrogen-bond acceptors (Lipinski definition) is 5. The summed E-state index contributed by atoms with van der Waals surface area (Å²) in [4.78, 5) is 35.7. The van der Waals surface area contributed by atoms with Crippen LogP contribution in [0.4, 0.5) is 8.78 Å². The van der Waals surface area contributed by atoms with Gasteiger partial charge in [0.05, 0.1) is 18.6 Å². The number of ether oxygens (including phenoxy) is 1. The Balaban J connectivity index is 1.50. The number of carbonyl (C=O) groups excluding carboxylic acids is 2. The van der Waals surface area contributed by atoms with E-state index in [0.29, 0.717) is 24.4 Å². The average Bonchev–Trinajstić information content (AvgIpc) is 3.13. The van der Waals surface area contributed by atoms with Gasteiger partial charge in [0.2, 0.25) is 5.91 Å². The molecule has 1 N–H and O–H groups in total. The van der Waals surface area contributed by atoms with E-state index in [1.54, 1.807) is 11.8 Å². The van der Waals surface area contributed by atoms with Crippen molar-refractivity contribution in [2.45, 2.75) is 38.7 Å². The minimum Gasteiger partial charge on any atom is -0.380 e. The van der Waals surface area contributed by atoms with Crippen molar-refractivity contribution in [1.29, 1.82) is 0 Å². The molecule has 0 bridgehead atoms. The van der Waals surface area contributed by atoms with Crippen molar-refractivity contribution in [3.05, 3.63) is 23.3 Å². The molecule has 0 radical (unpaired) electrons. The summed E-state index contributed by atoms with van der Waals surface area (Å²) < 4.78 is 31.6. The van der Waals surface area contributed by atoms with E-state index in [9.17, 15) is 18.4 Å². The van der Waals surface area contributed by atoms with Gasteiger partial charge in [0.15, 0.2) is 0 Å². The SMILES string of the molecule is Cc1ncnc(C(=O)N2C[C@@H]3COC[C@]3(C(=O)NC3CC(F)(F)C3)C2)c1C. The van der Waals surface area contributed by atoms with Gasteiger partial charge in [-0.3, -0.25) is 9.59 Å². The highest BCUT2D eigenvalue weighted by Crippen LogP contribution is 2.43. The van der Waals surface area contributed by atoms with E-state index in [0.717, 1.165) is 5.69 Å². The summed E-state index contributed by atoms with van der Waals surface area (Å²) in [5, 5.41) is 2.73. The lowest BCUT2D eigenvalue weighted by atomic mass is 9.79. The Morgan fingerprint density at radius 2 is 2.04 bits per heavy atom. The molecule has 146 valence electrons. The first-order valence-corrected chi connectivity index (χ1v) is 9.06. The van der Waals surface area contributed by atoms with Crippen LogP contribution in [-0.2, 0) is 9.53 Å². The quantitative estimate of drug-likeness (QED) is 0.849. The zero-order valence-electron chi connectivity index (χ0n) is 15.3. The van der Waals surface area contributed by atoms with Crippen LogP contribution in [0.3, 0.4) is 0 Å². The Labute approximate surface area is 155 Å². The molecule has 2 atom stereocenters. The lowest BCUT2D eigenvalue weighted by Gasteiger charge is -2.37. The first kappa shape index (κ1) is 18.2. The van der Waals surface area contributed by atoms with Crippen molar-refractivity contribution >= 4 is 11.8 Å². The molecule has 4 rings (SSSR count). The summed E-state index contributed by atoms with van der Waals surface area (Å²) in [6, 6.07) is -0.514. The molecule has 3 aliphatic rings. The molecular weight excluding hydrogens is 358 g/mol. The largest absolute Gasteiger partial charge is 0.380 e. The Kier molecular flexibility index (Phi) is 4.17. The molecule has 0 unspecified atom stereocenters. The van der Waals surface area contributed by atoms with Crippen LogP contribution >= 0.6 is 0 Å². The van der Waals surface area contributed by atoms with Crippen molar-refractivity contribution in [2.75, 3.05) is 26.3 Å². The fraction of sp³-hybridized carbons (Fsp3) is 0.667. The number of aryl methyl sites for hydroxylation is 1. The molecule has 7 nitrogen and oxygen atoms in total. The Hall–Kier alpha value is -2.16. The lowest BCUT2D eigenvalue weighted by Crippen LogP contribution is -2.56. The van der Waals surface area contributed by atoms with E-state index in [1.165, 1.54) is 6.33 Å². The van der Waals surface area contributed by atoms with Gasteiger partial charge in [-0.2, -0.15) is 0 Å².